The summed E-state index contributed by atoms with van der Waals surface area (Å²) in [5, 5.41) is 14.8. The van der Waals surface area contributed by atoms with Gasteiger partial charge in [0.1, 0.15) is 0 Å². The number of pyridine rings is 2. The largest absolute Gasteiger partial charge is 0.415 e. The molecule has 0 N–H and O–H groups in total. The smallest absolute Gasteiger partial charge is 0.307 e. The number of rotatable bonds is 7. The molecule has 0 unspecified atom stereocenters. The number of hydrogen-bond donors (Lipinski definition) is 0. The second-order valence-electron chi connectivity index (χ2n) is 17.1. The van der Waals surface area contributed by atoms with Gasteiger partial charge in [-0.05, 0) is 65.2 Å². The molecule has 0 saturated carbocycles. The molecule has 0 saturated heterocycles. The molecule has 12 rings (SSSR count). The fraction of sp³-hybridized carbons (Fsp3) is 0.0164. The normalized spacial score (nSPS) is 11.6. The van der Waals surface area contributed by atoms with Gasteiger partial charge >= 0.3 is 6.18 Å². The minimum Gasteiger partial charge on any atom is -0.307 e. The molecule has 0 fully saturated rings. The zero-order valence-electron chi connectivity index (χ0n) is 37.0. The highest BCUT2D eigenvalue weighted by molar-refractivity contribution is 6.13. The van der Waals surface area contributed by atoms with Crippen molar-refractivity contribution in [2.24, 2.45) is 0 Å². The quantitative estimate of drug-likeness (QED) is 0.150. The first-order valence-corrected chi connectivity index (χ1v) is 22.5. The lowest BCUT2D eigenvalue weighted by Gasteiger charge is -2.21. The van der Waals surface area contributed by atoms with Crippen LogP contribution >= 0.6 is 0 Å². The minimum atomic E-state index is -4.83. The van der Waals surface area contributed by atoms with Gasteiger partial charge in [-0.15, -0.1) is 0 Å². The highest BCUT2D eigenvalue weighted by atomic mass is 19.4. The molecule has 4 heterocycles. The van der Waals surface area contributed by atoms with Crippen LogP contribution in [0.2, 0.25) is 0 Å². The number of hydrogen-bond acceptors (Lipinski definition) is 3. The van der Waals surface area contributed by atoms with Crippen LogP contribution in [0, 0.1) is 17.9 Å². The minimum absolute atomic E-state index is 0.00556. The molecule has 0 aliphatic heterocycles. The summed E-state index contributed by atoms with van der Waals surface area (Å²) in [6.45, 7) is 8.08. The number of alkyl halides is 3. The van der Waals surface area contributed by atoms with Gasteiger partial charge in [-0.2, -0.15) is 18.4 Å². The van der Waals surface area contributed by atoms with Crippen LogP contribution in [0.1, 0.15) is 11.1 Å². The van der Waals surface area contributed by atoms with Crippen LogP contribution in [-0.2, 0) is 6.18 Å². The number of para-hydroxylation sites is 2. The number of aromatic nitrogens is 4. The van der Waals surface area contributed by atoms with Crippen LogP contribution in [-0.4, -0.2) is 19.1 Å². The summed E-state index contributed by atoms with van der Waals surface area (Å²) >= 11 is 0. The van der Waals surface area contributed by atoms with Crippen LogP contribution in [0.3, 0.4) is 0 Å². The lowest BCUT2D eigenvalue weighted by molar-refractivity contribution is -0.137. The lowest BCUT2D eigenvalue weighted by Crippen LogP contribution is -2.09. The third kappa shape index (κ3) is 6.96. The average molecular weight is 909 g/mol. The molecule has 0 radical (unpaired) electrons. The highest BCUT2D eigenvalue weighted by Gasteiger charge is 2.36. The molecule has 0 atom stereocenters. The van der Waals surface area contributed by atoms with Gasteiger partial charge in [0, 0.05) is 61.8 Å². The molecule has 4 aromatic heterocycles. The Morgan fingerprint density at radius 2 is 0.929 bits per heavy atom. The predicted molar refractivity (Wildman–Crippen MR) is 274 cm³/mol. The van der Waals surface area contributed by atoms with Crippen molar-refractivity contribution in [1.82, 2.24) is 19.1 Å². The fourth-order valence-corrected chi connectivity index (χ4v) is 9.89. The summed E-state index contributed by atoms with van der Waals surface area (Å²) in [5.41, 5.74) is 9.91. The topological polar surface area (TPSA) is 63.8 Å². The van der Waals surface area contributed by atoms with Crippen molar-refractivity contribution in [3.05, 3.63) is 235 Å². The van der Waals surface area contributed by atoms with E-state index < -0.39 is 11.7 Å². The molecule has 330 valence electrons. The molecular formula is C61H35F3N6. The molecule has 0 bridgehead atoms. The van der Waals surface area contributed by atoms with Gasteiger partial charge in [0.2, 0.25) is 0 Å². The molecule has 12 aromatic rings. The van der Waals surface area contributed by atoms with Gasteiger partial charge in [-0.1, -0.05) is 152 Å². The van der Waals surface area contributed by atoms with E-state index in [-0.39, 0.29) is 22.4 Å². The van der Waals surface area contributed by atoms with E-state index in [0.29, 0.717) is 11.4 Å². The summed E-state index contributed by atoms with van der Waals surface area (Å²) in [6, 6.07) is 65.6. The van der Waals surface area contributed by atoms with Crippen molar-refractivity contribution in [1.29, 1.82) is 5.26 Å². The second-order valence-corrected chi connectivity index (χ2v) is 17.1. The number of nitriles is 1. The Morgan fingerprint density at radius 1 is 0.457 bits per heavy atom. The molecule has 0 aliphatic rings. The van der Waals surface area contributed by atoms with Crippen LogP contribution in [0.25, 0.3) is 116 Å². The third-order valence-corrected chi connectivity index (χ3v) is 13.1. The van der Waals surface area contributed by atoms with Crippen molar-refractivity contribution in [3.8, 4) is 73.3 Å². The van der Waals surface area contributed by atoms with Crippen LogP contribution in [0.4, 0.5) is 18.9 Å². The summed E-state index contributed by atoms with van der Waals surface area (Å²) in [6.07, 6.45) is -1.12. The second kappa shape index (κ2) is 16.6. The Hall–Kier alpha value is -9.57. The number of halogens is 3. The summed E-state index contributed by atoms with van der Waals surface area (Å²) in [7, 11) is 0. The Bertz CT molecular complexity index is 4100. The van der Waals surface area contributed by atoms with Crippen LogP contribution < -0.4 is 0 Å². The number of fused-ring (bicyclic) bond motifs is 6. The maximum Gasteiger partial charge on any atom is 0.415 e. The molecular weight excluding hydrogens is 874 g/mol. The standard InChI is InChI=1S/C61H35F3N6/c1-66-53-20-12-19-50(61(62,63)64)60(53)49-34-59(70-55-22-11-9-18-46(55)48-28-24-41(32-57(48)70)43-26-30-52(68-37-43)39-15-6-3-7-16-39)58(33-44(49)35-65)69-54-21-10-8-17-45(54)47-27-23-40(31-56(47)69)42-25-29-51(67-36-42)38-13-4-2-5-14-38/h2-34,36-37H. The summed E-state index contributed by atoms with van der Waals surface area (Å²) in [4.78, 5) is 13.3. The Morgan fingerprint density at radius 3 is 1.40 bits per heavy atom. The third-order valence-electron chi connectivity index (χ3n) is 13.1. The van der Waals surface area contributed by atoms with Crippen molar-refractivity contribution in [2.45, 2.75) is 6.18 Å². The molecule has 0 spiro atoms. The van der Waals surface area contributed by atoms with Crippen molar-refractivity contribution >= 4 is 49.3 Å². The first-order valence-electron chi connectivity index (χ1n) is 22.5. The van der Waals surface area contributed by atoms with E-state index in [9.17, 15) is 5.26 Å². The van der Waals surface area contributed by atoms with Gasteiger partial charge in [-0.25, -0.2) is 4.85 Å². The van der Waals surface area contributed by atoms with Gasteiger partial charge < -0.3 is 9.13 Å². The van der Waals surface area contributed by atoms with Gasteiger partial charge in [0.25, 0.3) is 0 Å². The van der Waals surface area contributed by atoms with E-state index in [2.05, 4.69) is 62.5 Å². The van der Waals surface area contributed by atoms with E-state index in [1.165, 1.54) is 12.1 Å². The molecule has 0 aliphatic carbocycles. The molecule has 9 heteroatoms. The van der Waals surface area contributed by atoms with Crippen molar-refractivity contribution < 1.29 is 13.2 Å². The lowest BCUT2D eigenvalue weighted by atomic mass is 9.92. The van der Waals surface area contributed by atoms with Crippen molar-refractivity contribution in [2.75, 3.05) is 0 Å². The first kappa shape index (κ1) is 41.8. The number of benzene rings is 8. The molecule has 6 nitrogen and oxygen atoms in total. The van der Waals surface area contributed by atoms with E-state index in [4.69, 9.17) is 16.5 Å². The van der Waals surface area contributed by atoms with Gasteiger partial charge in [0.05, 0.1) is 68.6 Å². The molecule has 70 heavy (non-hydrogen) atoms. The van der Waals surface area contributed by atoms with E-state index in [1.807, 2.05) is 140 Å². The van der Waals surface area contributed by atoms with E-state index in [0.717, 1.165) is 94.4 Å². The average Bonchev–Trinajstić information content (AvgIpc) is 3.92. The van der Waals surface area contributed by atoms with Gasteiger partial charge in [-0.3, -0.25) is 9.97 Å². The summed E-state index contributed by atoms with van der Waals surface area (Å²) < 4.78 is 49.6. The number of nitrogens with zero attached hydrogens (tertiary/aromatic N) is 6. The monoisotopic (exact) mass is 908 g/mol. The van der Waals surface area contributed by atoms with Crippen LogP contribution in [0.5, 0.6) is 0 Å². The van der Waals surface area contributed by atoms with Crippen molar-refractivity contribution in [3.63, 3.8) is 0 Å². The fourth-order valence-electron chi connectivity index (χ4n) is 9.89. The molecule has 8 aromatic carbocycles. The zero-order valence-corrected chi connectivity index (χ0v) is 37.0. The Kier molecular flexibility index (Phi) is 9.94. The Balaban J connectivity index is 1.16. The zero-order chi connectivity index (χ0) is 47.5. The van der Waals surface area contributed by atoms with Gasteiger partial charge in [0.15, 0.2) is 5.69 Å². The summed E-state index contributed by atoms with van der Waals surface area (Å²) in [5.74, 6) is 0. The van der Waals surface area contributed by atoms with E-state index in [1.54, 1.807) is 12.1 Å². The first-order chi connectivity index (χ1) is 34.3. The van der Waals surface area contributed by atoms with E-state index >= 15 is 13.2 Å². The SMILES string of the molecule is [C-]#[N+]c1cccc(C(F)(F)F)c1-c1cc(-n2c3ccccc3c3ccc(-c4ccc(-c5ccccc5)nc4)cc32)c(-n2c3ccccc3c3ccc(-c4ccc(-c5ccccc5)nc4)cc32)cc1C#N. The maximum atomic E-state index is 15.1. The highest BCUT2D eigenvalue weighted by Crippen LogP contribution is 2.47. The predicted octanol–water partition coefficient (Wildman–Crippen LogP) is 16.4. The van der Waals surface area contributed by atoms with Crippen LogP contribution in [0.15, 0.2) is 213 Å². The maximum absolute atomic E-state index is 15.1. The Labute approximate surface area is 399 Å². The molecule has 0 amide bonds.